The summed E-state index contributed by atoms with van der Waals surface area (Å²) in [5.41, 5.74) is 3.35. The number of nitrogens with zero attached hydrogens (tertiary/aromatic N) is 3. The number of hydrazone groups is 1. The Kier molecular flexibility index (Phi) is 7.26. The predicted octanol–water partition coefficient (Wildman–Crippen LogP) is 3.54. The van der Waals surface area contributed by atoms with Gasteiger partial charge in [0, 0.05) is 40.6 Å². The van der Waals surface area contributed by atoms with E-state index < -0.39 is 9.85 Å². The topological polar surface area (TPSA) is 128 Å². The van der Waals surface area contributed by atoms with Crippen molar-refractivity contribution in [2.45, 2.75) is 5.75 Å². The van der Waals surface area contributed by atoms with Gasteiger partial charge in [-0.05, 0) is 11.6 Å². The number of rotatable bonds is 8. The second kappa shape index (κ2) is 9.64. The average molecular weight is 409 g/mol. The van der Waals surface area contributed by atoms with Gasteiger partial charge >= 0.3 is 0 Å². The van der Waals surface area contributed by atoms with E-state index in [9.17, 15) is 25.0 Å². The van der Waals surface area contributed by atoms with Crippen molar-refractivity contribution >= 4 is 46.9 Å². The molecule has 0 heterocycles. The minimum Gasteiger partial charge on any atom is -0.272 e. The number of nitro benzene ring substituents is 2. The van der Waals surface area contributed by atoms with Crippen molar-refractivity contribution in [2.75, 3.05) is 5.75 Å². The predicted molar refractivity (Wildman–Crippen MR) is 103 cm³/mol. The van der Waals surface area contributed by atoms with E-state index in [1.54, 1.807) is 12.1 Å². The summed E-state index contributed by atoms with van der Waals surface area (Å²) in [7, 11) is 0. The second-order valence-corrected chi connectivity index (χ2v) is 6.57. The quantitative estimate of drug-likeness (QED) is 0.404. The molecule has 0 fully saturated rings. The van der Waals surface area contributed by atoms with E-state index in [1.165, 1.54) is 48.3 Å². The maximum absolute atomic E-state index is 11.8. The van der Waals surface area contributed by atoms with E-state index in [-0.39, 0.29) is 28.1 Å². The number of benzene rings is 2. The van der Waals surface area contributed by atoms with Crippen LogP contribution < -0.4 is 5.43 Å². The molecular formula is C16H13ClN4O5S. The van der Waals surface area contributed by atoms with E-state index in [4.69, 9.17) is 11.6 Å². The molecule has 0 saturated heterocycles. The first-order chi connectivity index (χ1) is 12.9. The molecule has 2 aromatic carbocycles. The average Bonchev–Trinajstić information content (AvgIpc) is 2.63. The van der Waals surface area contributed by atoms with Gasteiger partial charge in [0.25, 0.3) is 11.4 Å². The molecule has 27 heavy (non-hydrogen) atoms. The summed E-state index contributed by atoms with van der Waals surface area (Å²) in [4.78, 5) is 32.0. The first kappa shape index (κ1) is 20.3. The smallest absolute Gasteiger partial charge is 0.270 e. The number of hydrogen-bond acceptors (Lipinski definition) is 7. The molecule has 2 rings (SSSR count). The lowest BCUT2D eigenvalue weighted by molar-refractivity contribution is -0.385. The van der Waals surface area contributed by atoms with Crippen LogP contribution in [0.1, 0.15) is 11.1 Å². The first-order valence-electron chi connectivity index (χ1n) is 7.43. The number of halogens is 1. The monoisotopic (exact) mass is 408 g/mol. The number of thioether (sulfide) groups is 1. The van der Waals surface area contributed by atoms with Crippen molar-refractivity contribution in [1.82, 2.24) is 5.43 Å². The van der Waals surface area contributed by atoms with Crippen LogP contribution in [0.2, 0.25) is 5.02 Å². The Morgan fingerprint density at radius 3 is 2.37 bits per heavy atom. The van der Waals surface area contributed by atoms with Crippen LogP contribution in [0.3, 0.4) is 0 Å². The maximum atomic E-state index is 11.8. The van der Waals surface area contributed by atoms with Gasteiger partial charge in [0.1, 0.15) is 0 Å². The largest absolute Gasteiger partial charge is 0.272 e. The van der Waals surface area contributed by atoms with Crippen LogP contribution in [0.15, 0.2) is 47.6 Å². The van der Waals surface area contributed by atoms with E-state index >= 15 is 0 Å². The standard InChI is InChI=1S/C16H13ClN4O5S/c17-15-6-5-14(21(25)26)7-12(15)8-18-19-16(22)10-27-9-11-1-3-13(4-2-11)20(23)24/h1-8H,9-10H2,(H,19,22)/b18-8-. The van der Waals surface area contributed by atoms with Crippen LogP contribution in [0.5, 0.6) is 0 Å². The van der Waals surface area contributed by atoms with Gasteiger partial charge in [-0.25, -0.2) is 5.43 Å². The van der Waals surface area contributed by atoms with E-state index in [2.05, 4.69) is 10.5 Å². The Morgan fingerprint density at radius 1 is 1.11 bits per heavy atom. The van der Waals surface area contributed by atoms with Crippen molar-refractivity contribution in [1.29, 1.82) is 0 Å². The Morgan fingerprint density at radius 2 is 1.74 bits per heavy atom. The second-order valence-electron chi connectivity index (χ2n) is 5.17. The van der Waals surface area contributed by atoms with Gasteiger partial charge < -0.3 is 0 Å². The molecule has 0 aliphatic carbocycles. The van der Waals surface area contributed by atoms with E-state index in [0.29, 0.717) is 11.3 Å². The number of carbonyl (C=O) groups excluding carboxylic acids is 1. The van der Waals surface area contributed by atoms with Crippen LogP contribution in [-0.2, 0) is 10.5 Å². The van der Waals surface area contributed by atoms with Gasteiger partial charge in [-0.15, -0.1) is 11.8 Å². The molecule has 140 valence electrons. The first-order valence-corrected chi connectivity index (χ1v) is 8.97. The zero-order valence-electron chi connectivity index (χ0n) is 13.7. The molecule has 0 radical (unpaired) electrons. The Labute approximate surface area is 162 Å². The lowest BCUT2D eigenvalue weighted by atomic mass is 10.2. The van der Waals surface area contributed by atoms with Crippen molar-refractivity contribution in [3.63, 3.8) is 0 Å². The maximum Gasteiger partial charge on any atom is 0.270 e. The molecule has 1 amide bonds. The number of amides is 1. The van der Waals surface area contributed by atoms with Gasteiger partial charge in [-0.1, -0.05) is 23.7 Å². The molecule has 0 aliphatic rings. The molecule has 0 unspecified atom stereocenters. The highest BCUT2D eigenvalue weighted by molar-refractivity contribution is 7.99. The number of hydrogen-bond donors (Lipinski definition) is 1. The summed E-state index contributed by atoms with van der Waals surface area (Å²) >= 11 is 7.24. The summed E-state index contributed by atoms with van der Waals surface area (Å²) < 4.78 is 0. The number of carbonyl (C=O) groups is 1. The summed E-state index contributed by atoms with van der Waals surface area (Å²) in [6.45, 7) is 0. The Hall–Kier alpha value is -2.98. The molecule has 0 aliphatic heterocycles. The van der Waals surface area contributed by atoms with Crippen LogP contribution in [-0.4, -0.2) is 27.7 Å². The minimum atomic E-state index is -0.554. The third-order valence-corrected chi connectivity index (χ3v) is 4.58. The normalized spacial score (nSPS) is 10.7. The Balaban J connectivity index is 1.81. The molecule has 11 heteroatoms. The molecule has 1 N–H and O–H groups in total. The molecule has 9 nitrogen and oxygen atoms in total. The Bertz CT molecular complexity index is 889. The zero-order chi connectivity index (χ0) is 19.8. The highest BCUT2D eigenvalue weighted by Gasteiger charge is 2.09. The summed E-state index contributed by atoms with van der Waals surface area (Å²) in [5, 5.41) is 25.3. The molecule has 0 aromatic heterocycles. The molecule has 0 bridgehead atoms. The minimum absolute atomic E-state index is 0.00985. The van der Waals surface area contributed by atoms with Gasteiger partial charge in [0.05, 0.1) is 21.8 Å². The van der Waals surface area contributed by atoms with Crippen molar-refractivity contribution in [3.8, 4) is 0 Å². The van der Waals surface area contributed by atoms with Crippen LogP contribution >= 0.6 is 23.4 Å². The summed E-state index contributed by atoms with van der Waals surface area (Å²) in [6, 6.07) is 9.97. The molecule has 0 spiro atoms. The summed E-state index contributed by atoms with van der Waals surface area (Å²) in [5.74, 6) is 0.266. The van der Waals surface area contributed by atoms with Crippen molar-refractivity contribution < 1.29 is 14.6 Å². The van der Waals surface area contributed by atoms with Gasteiger partial charge in [0.15, 0.2) is 0 Å². The SMILES string of the molecule is O=C(CSCc1ccc([N+](=O)[O-])cc1)N/N=C\c1cc([N+](=O)[O-])ccc1Cl. The highest BCUT2D eigenvalue weighted by Crippen LogP contribution is 2.20. The molecule has 0 atom stereocenters. The fourth-order valence-corrected chi connectivity index (χ4v) is 2.87. The third-order valence-electron chi connectivity index (χ3n) is 3.23. The van der Waals surface area contributed by atoms with Crippen LogP contribution in [0, 0.1) is 20.2 Å². The molecular weight excluding hydrogens is 396 g/mol. The van der Waals surface area contributed by atoms with Gasteiger partial charge in [0.2, 0.25) is 5.91 Å². The number of nitro groups is 2. The lowest BCUT2D eigenvalue weighted by Crippen LogP contribution is -2.19. The zero-order valence-corrected chi connectivity index (χ0v) is 15.3. The highest BCUT2D eigenvalue weighted by atomic mass is 35.5. The van der Waals surface area contributed by atoms with Crippen molar-refractivity contribution in [3.05, 3.63) is 78.8 Å². The molecule has 2 aromatic rings. The number of non-ortho nitro benzene ring substituents is 2. The molecule has 0 saturated carbocycles. The van der Waals surface area contributed by atoms with Gasteiger partial charge in [-0.3, -0.25) is 25.0 Å². The fourth-order valence-electron chi connectivity index (χ4n) is 1.93. The van der Waals surface area contributed by atoms with Gasteiger partial charge in [-0.2, -0.15) is 5.10 Å². The van der Waals surface area contributed by atoms with Crippen LogP contribution in [0.25, 0.3) is 0 Å². The van der Waals surface area contributed by atoms with Crippen LogP contribution in [0.4, 0.5) is 11.4 Å². The lowest BCUT2D eigenvalue weighted by Gasteiger charge is -2.02. The number of nitrogens with one attached hydrogen (secondary N) is 1. The summed E-state index contributed by atoms with van der Waals surface area (Å²) in [6.07, 6.45) is 1.23. The van der Waals surface area contributed by atoms with E-state index in [0.717, 1.165) is 5.56 Å². The van der Waals surface area contributed by atoms with E-state index in [1.807, 2.05) is 0 Å². The van der Waals surface area contributed by atoms with Crippen molar-refractivity contribution in [2.24, 2.45) is 5.10 Å². The third kappa shape index (κ3) is 6.35. The fraction of sp³-hybridized carbons (Fsp3) is 0.125.